The minimum atomic E-state index is -0.336. The second-order valence-electron chi connectivity index (χ2n) is 5.77. The van der Waals surface area contributed by atoms with Crippen LogP contribution in [0.15, 0.2) is 30.5 Å². The average molecular weight is 315 g/mol. The maximum absolute atomic E-state index is 12.3. The van der Waals surface area contributed by atoms with Crippen LogP contribution in [0.4, 0.5) is 4.79 Å². The molecule has 1 amide bonds. The van der Waals surface area contributed by atoms with E-state index in [0.717, 1.165) is 10.9 Å². The molecule has 1 unspecified atom stereocenters. The van der Waals surface area contributed by atoms with Crippen LogP contribution >= 0.6 is 0 Å². The summed E-state index contributed by atoms with van der Waals surface area (Å²) in [7, 11) is 4.05. The van der Waals surface area contributed by atoms with Crippen molar-refractivity contribution in [2.24, 2.45) is 0 Å². The Morgan fingerprint density at radius 2 is 1.96 bits per heavy atom. The van der Waals surface area contributed by atoms with Gasteiger partial charge in [-0.3, -0.25) is 4.98 Å². The van der Waals surface area contributed by atoms with E-state index in [1.165, 1.54) is 0 Å². The molecule has 5 nitrogen and oxygen atoms in total. The zero-order valence-electron chi connectivity index (χ0n) is 14.5. The highest BCUT2D eigenvalue weighted by atomic mass is 16.6. The zero-order valence-corrected chi connectivity index (χ0v) is 14.5. The van der Waals surface area contributed by atoms with Gasteiger partial charge >= 0.3 is 6.09 Å². The molecule has 0 fully saturated rings. The fourth-order valence-electron chi connectivity index (χ4n) is 2.44. The fourth-order valence-corrected chi connectivity index (χ4v) is 2.44. The molecule has 0 radical (unpaired) electrons. The number of hydrogen-bond donors (Lipinski definition) is 0. The molecular formula is C18H25N3O2. The lowest BCUT2D eigenvalue weighted by Crippen LogP contribution is -2.33. The van der Waals surface area contributed by atoms with E-state index in [4.69, 9.17) is 4.74 Å². The van der Waals surface area contributed by atoms with E-state index in [1.54, 1.807) is 11.1 Å². The molecule has 2 rings (SSSR count). The average Bonchev–Trinajstić information content (AvgIpc) is 2.55. The molecule has 1 atom stereocenters. The molecule has 0 spiro atoms. The molecule has 0 bridgehead atoms. The van der Waals surface area contributed by atoms with E-state index >= 15 is 0 Å². The SMILES string of the molecule is CCN(CC)C(=O)Oc1cc(C(C)N(C)C)cc2cccnc12. The van der Waals surface area contributed by atoms with Gasteiger partial charge in [0.2, 0.25) is 0 Å². The molecule has 2 aromatic rings. The molecule has 1 heterocycles. The van der Waals surface area contributed by atoms with Gasteiger partial charge in [-0.15, -0.1) is 0 Å². The summed E-state index contributed by atoms with van der Waals surface area (Å²) in [5, 5.41) is 0.973. The highest BCUT2D eigenvalue weighted by molar-refractivity contribution is 5.87. The summed E-state index contributed by atoms with van der Waals surface area (Å²) in [6.45, 7) is 7.23. The van der Waals surface area contributed by atoms with E-state index < -0.39 is 0 Å². The molecule has 0 aliphatic rings. The topological polar surface area (TPSA) is 45.7 Å². The summed E-state index contributed by atoms with van der Waals surface area (Å²) in [6.07, 6.45) is 1.38. The highest BCUT2D eigenvalue weighted by Crippen LogP contribution is 2.30. The van der Waals surface area contributed by atoms with Crippen molar-refractivity contribution in [2.75, 3.05) is 27.2 Å². The van der Waals surface area contributed by atoms with E-state index in [2.05, 4.69) is 22.9 Å². The molecule has 0 aliphatic carbocycles. The minimum Gasteiger partial charge on any atom is -0.408 e. The van der Waals surface area contributed by atoms with Crippen LogP contribution in [0, 0.1) is 0 Å². The number of hydrogen-bond acceptors (Lipinski definition) is 4. The van der Waals surface area contributed by atoms with Crippen molar-refractivity contribution in [1.82, 2.24) is 14.8 Å². The normalized spacial score (nSPS) is 12.4. The monoisotopic (exact) mass is 315 g/mol. The van der Waals surface area contributed by atoms with Gasteiger partial charge in [-0.05, 0) is 58.6 Å². The number of amides is 1. The third-order valence-electron chi connectivity index (χ3n) is 4.17. The van der Waals surface area contributed by atoms with E-state index in [-0.39, 0.29) is 12.1 Å². The summed E-state index contributed by atoms with van der Waals surface area (Å²) in [4.78, 5) is 20.4. The first-order valence-corrected chi connectivity index (χ1v) is 7.99. The van der Waals surface area contributed by atoms with Crippen LogP contribution in [0.3, 0.4) is 0 Å². The summed E-state index contributed by atoms with van der Waals surface area (Å²) >= 11 is 0. The number of pyridine rings is 1. The Balaban J connectivity index is 2.46. The molecule has 1 aromatic heterocycles. The van der Waals surface area contributed by atoms with Gasteiger partial charge in [-0.1, -0.05) is 6.07 Å². The fraction of sp³-hybridized carbons (Fsp3) is 0.444. The lowest BCUT2D eigenvalue weighted by molar-refractivity contribution is 0.157. The summed E-state index contributed by atoms with van der Waals surface area (Å²) in [6, 6.07) is 8.11. The Morgan fingerprint density at radius 3 is 2.57 bits per heavy atom. The van der Waals surface area contributed by atoms with Crippen molar-refractivity contribution in [3.63, 3.8) is 0 Å². The van der Waals surface area contributed by atoms with E-state index in [0.29, 0.717) is 24.4 Å². The minimum absolute atomic E-state index is 0.213. The molecule has 0 saturated heterocycles. The number of fused-ring (bicyclic) bond motifs is 1. The Hall–Kier alpha value is -2.14. The van der Waals surface area contributed by atoms with Crippen LogP contribution in [-0.4, -0.2) is 48.1 Å². The summed E-state index contributed by atoms with van der Waals surface area (Å²) < 4.78 is 5.65. The lowest BCUT2D eigenvalue weighted by Gasteiger charge is -2.22. The highest BCUT2D eigenvalue weighted by Gasteiger charge is 2.17. The predicted octanol–water partition coefficient (Wildman–Crippen LogP) is 3.70. The molecule has 0 aliphatic heterocycles. The number of carbonyl (C=O) groups is 1. The van der Waals surface area contributed by atoms with Crippen LogP contribution in [0.1, 0.15) is 32.4 Å². The first-order valence-electron chi connectivity index (χ1n) is 7.99. The number of rotatable bonds is 5. The van der Waals surface area contributed by atoms with Crippen LogP contribution in [0.5, 0.6) is 5.75 Å². The van der Waals surface area contributed by atoms with E-state index in [1.807, 2.05) is 46.1 Å². The Morgan fingerprint density at radius 1 is 1.26 bits per heavy atom. The van der Waals surface area contributed by atoms with Crippen LogP contribution in [-0.2, 0) is 0 Å². The molecule has 5 heteroatoms. The third-order valence-corrected chi connectivity index (χ3v) is 4.17. The van der Waals surface area contributed by atoms with Gasteiger partial charge in [-0.25, -0.2) is 4.79 Å². The van der Waals surface area contributed by atoms with Crippen molar-refractivity contribution in [2.45, 2.75) is 26.8 Å². The maximum atomic E-state index is 12.3. The van der Waals surface area contributed by atoms with Gasteiger partial charge < -0.3 is 14.5 Å². The second-order valence-corrected chi connectivity index (χ2v) is 5.77. The molecule has 0 N–H and O–H groups in total. The largest absolute Gasteiger partial charge is 0.415 e. The van der Waals surface area contributed by atoms with Crippen molar-refractivity contribution < 1.29 is 9.53 Å². The number of benzene rings is 1. The van der Waals surface area contributed by atoms with Gasteiger partial charge in [0.15, 0.2) is 5.75 Å². The third kappa shape index (κ3) is 3.79. The second kappa shape index (κ2) is 7.42. The van der Waals surface area contributed by atoms with Gasteiger partial charge in [-0.2, -0.15) is 0 Å². The van der Waals surface area contributed by atoms with Gasteiger partial charge in [0.05, 0.1) is 0 Å². The van der Waals surface area contributed by atoms with Crippen LogP contribution in [0.2, 0.25) is 0 Å². The van der Waals surface area contributed by atoms with Crippen molar-refractivity contribution in [3.05, 3.63) is 36.0 Å². The van der Waals surface area contributed by atoms with Crippen LogP contribution < -0.4 is 4.74 Å². The standard InChI is InChI=1S/C18H25N3O2/c1-6-21(7-2)18(22)23-16-12-15(13(3)20(4)5)11-14-9-8-10-19-17(14)16/h8-13H,6-7H2,1-5H3. The molecule has 1 aromatic carbocycles. The first kappa shape index (κ1) is 17.2. The summed E-state index contributed by atoms with van der Waals surface area (Å²) in [5.74, 6) is 0.517. The zero-order chi connectivity index (χ0) is 17.0. The Labute approximate surface area is 137 Å². The molecular weight excluding hydrogens is 290 g/mol. The smallest absolute Gasteiger partial charge is 0.408 e. The molecule has 23 heavy (non-hydrogen) atoms. The first-order chi connectivity index (χ1) is 11.0. The number of nitrogens with zero attached hydrogens (tertiary/aromatic N) is 3. The van der Waals surface area contributed by atoms with Crippen LogP contribution in [0.25, 0.3) is 10.9 Å². The quantitative estimate of drug-likeness (QED) is 0.844. The number of aromatic nitrogens is 1. The Bertz CT molecular complexity index is 681. The van der Waals surface area contributed by atoms with Crippen molar-refractivity contribution >= 4 is 17.0 Å². The van der Waals surface area contributed by atoms with Gasteiger partial charge in [0, 0.05) is 30.7 Å². The molecule has 124 valence electrons. The maximum Gasteiger partial charge on any atom is 0.415 e. The Kier molecular flexibility index (Phi) is 5.55. The van der Waals surface area contributed by atoms with Gasteiger partial charge in [0.25, 0.3) is 0 Å². The van der Waals surface area contributed by atoms with Crippen molar-refractivity contribution in [3.8, 4) is 5.75 Å². The van der Waals surface area contributed by atoms with Gasteiger partial charge in [0.1, 0.15) is 5.52 Å². The molecule has 0 saturated carbocycles. The van der Waals surface area contributed by atoms with Crippen molar-refractivity contribution in [1.29, 1.82) is 0 Å². The number of carbonyl (C=O) groups excluding carboxylic acids is 1. The van der Waals surface area contributed by atoms with E-state index in [9.17, 15) is 4.79 Å². The predicted molar refractivity (Wildman–Crippen MR) is 92.8 cm³/mol. The lowest BCUT2D eigenvalue weighted by atomic mass is 10.0. The number of ether oxygens (including phenoxy) is 1. The summed E-state index contributed by atoms with van der Waals surface area (Å²) in [5.41, 5.74) is 1.81.